The van der Waals surface area contributed by atoms with Crippen LogP contribution in [-0.4, -0.2) is 21.4 Å². The zero-order valence-electron chi connectivity index (χ0n) is 18.1. The number of fused-ring (bicyclic) bond motifs is 1. The zero-order valence-corrected chi connectivity index (χ0v) is 19.6. The fourth-order valence-corrected chi connectivity index (χ4v) is 4.76. The SMILES string of the molecule is O=C(Nc1ccccc1NC(=O)c1cc2ccc(Cl)cc2s1)c1ccc(-n2ccncc2=O)cc1. The van der Waals surface area contributed by atoms with Gasteiger partial charge in [-0.3, -0.25) is 23.9 Å². The molecule has 0 aliphatic rings. The minimum absolute atomic E-state index is 0.267. The second kappa shape index (κ2) is 9.54. The van der Waals surface area contributed by atoms with Gasteiger partial charge in [0, 0.05) is 33.4 Å². The van der Waals surface area contributed by atoms with Crippen LogP contribution in [-0.2, 0) is 0 Å². The lowest BCUT2D eigenvalue weighted by molar-refractivity contribution is 0.101. The van der Waals surface area contributed by atoms with Crippen LogP contribution in [0.2, 0.25) is 5.02 Å². The molecule has 2 aromatic heterocycles. The van der Waals surface area contributed by atoms with Crippen molar-refractivity contribution in [1.82, 2.24) is 9.55 Å². The third kappa shape index (κ3) is 4.84. The summed E-state index contributed by atoms with van der Waals surface area (Å²) >= 11 is 7.40. The highest BCUT2D eigenvalue weighted by Crippen LogP contribution is 2.30. The van der Waals surface area contributed by atoms with E-state index in [2.05, 4.69) is 15.6 Å². The lowest BCUT2D eigenvalue weighted by atomic mass is 10.1. The van der Waals surface area contributed by atoms with E-state index in [1.54, 1.807) is 60.8 Å². The second-order valence-electron chi connectivity index (χ2n) is 7.58. The van der Waals surface area contributed by atoms with E-state index in [-0.39, 0.29) is 17.4 Å². The minimum atomic E-state index is -0.350. The fraction of sp³-hybridized carbons (Fsp3) is 0. The van der Waals surface area contributed by atoms with E-state index in [0.29, 0.717) is 32.5 Å². The first-order chi connectivity index (χ1) is 17.0. The van der Waals surface area contributed by atoms with Crippen LogP contribution >= 0.6 is 22.9 Å². The first-order valence-electron chi connectivity index (χ1n) is 10.5. The average Bonchev–Trinajstić information content (AvgIpc) is 3.29. The highest BCUT2D eigenvalue weighted by molar-refractivity contribution is 7.21. The highest BCUT2D eigenvalue weighted by Gasteiger charge is 2.15. The highest BCUT2D eigenvalue weighted by atomic mass is 35.5. The molecule has 5 aromatic rings. The van der Waals surface area contributed by atoms with E-state index >= 15 is 0 Å². The van der Waals surface area contributed by atoms with Gasteiger partial charge in [0.25, 0.3) is 17.4 Å². The van der Waals surface area contributed by atoms with Gasteiger partial charge in [-0.15, -0.1) is 11.3 Å². The summed E-state index contributed by atoms with van der Waals surface area (Å²) in [6.07, 6.45) is 4.29. The fourth-order valence-electron chi connectivity index (χ4n) is 3.53. The molecule has 0 unspecified atom stereocenters. The summed E-state index contributed by atoms with van der Waals surface area (Å²) in [7, 11) is 0. The number of aromatic nitrogens is 2. The number of hydrogen-bond donors (Lipinski definition) is 2. The molecule has 0 spiro atoms. The van der Waals surface area contributed by atoms with E-state index in [0.717, 1.165) is 10.1 Å². The van der Waals surface area contributed by atoms with Gasteiger partial charge in [0.1, 0.15) is 0 Å². The Hall–Kier alpha value is -4.27. The molecule has 3 aromatic carbocycles. The Morgan fingerprint density at radius 1 is 0.886 bits per heavy atom. The topological polar surface area (TPSA) is 93.1 Å². The summed E-state index contributed by atoms with van der Waals surface area (Å²) in [5.74, 6) is -0.631. The summed E-state index contributed by atoms with van der Waals surface area (Å²) in [6.45, 7) is 0. The maximum atomic E-state index is 12.9. The quantitative estimate of drug-likeness (QED) is 0.328. The Labute approximate surface area is 208 Å². The number of benzene rings is 3. The molecule has 0 radical (unpaired) electrons. The summed E-state index contributed by atoms with van der Waals surface area (Å²) in [4.78, 5) is 42.1. The van der Waals surface area contributed by atoms with E-state index in [1.165, 1.54) is 28.3 Å². The maximum Gasteiger partial charge on any atom is 0.273 e. The Morgan fingerprint density at radius 2 is 1.60 bits per heavy atom. The van der Waals surface area contributed by atoms with Crippen LogP contribution in [0.3, 0.4) is 0 Å². The van der Waals surface area contributed by atoms with Gasteiger partial charge in [0.15, 0.2) is 0 Å². The van der Waals surface area contributed by atoms with Crippen molar-refractivity contribution in [3.05, 3.63) is 117 Å². The number of nitrogens with one attached hydrogen (secondary N) is 2. The third-order valence-corrected chi connectivity index (χ3v) is 6.59. The number of nitrogens with zero attached hydrogens (tertiary/aromatic N) is 2. The molecular weight excluding hydrogens is 484 g/mol. The van der Waals surface area contributed by atoms with E-state index in [1.807, 2.05) is 18.2 Å². The van der Waals surface area contributed by atoms with Gasteiger partial charge in [-0.1, -0.05) is 29.8 Å². The number of anilines is 2. The molecule has 0 aliphatic heterocycles. The van der Waals surface area contributed by atoms with Gasteiger partial charge < -0.3 is 10.6 Å². The van der Waals surface area contributed by atoms with Crippen molar-refractivity contribution in [1.29, 1.82) is 0 Å². The predicted octanol–water partition coefficient (Wildman–Crippen LogP) is 5.61. The van der Waals surface area contributed by atoms with Crippen molar-refractivity contribution in [3.8, 4) is 5.69 Å². The van der Waals surface area contributed by atoms with E-state index in [9.17, 15) is 14.4 Å². The summed E-state index contributed by atoms with van der Waals surface area (Å²) in [5.41, 5.74) is 1.69. The normalized spacial score (nSPS) is 10.8. The molecule has 0 atom stereocenters. The average molecular weight is 501 g/mol. The number of rotatable bonds is 5. The van der Waals surface area contributed by atoms with Crippen LogP contribution in [0, 0.1) is 0 Å². The molecule has 35 heavy (non-hydrogen) atoms. The molecule has 7 nitrogen and oxygen atoms in total. The third-order valence-electron chi connectivity index (χ3n) is 5.26. The molecule has 2 N–H and O–H groups in total. The number of thiophene rings is 1. The van der Waals surface area contributed by atoms with Crippen LogP contribution in [0.1, 0.15) is 20.0 Å². The molecule has 5 rings (SSSR count). The van der Waals surface area contributed by atoms with Crippen molar-refractivity contribution in [3.63, 3.8) is 0 Å². The number of carbonyl (C=O) groups is 2. The lowest BCUT2D eigenvalue weighted by Gasteiger charge is -2.12. The number of hydrogen-bond acceptors (Lipinski definition) is 5. The monoisotopic (exact) mass is 500 g/mol. The molecule has 0 saturated carbocycles. The van der Waals surface area contributed by atoms with Crippen molar-refractivity contribution in [2.24, 2.45) is 0 Å². The molecule has 0 saturated heterocycles. The molecular formula is C26H17ClN4O3S. The van der Waals surface area contributed by atoms with Gasteiger partial charge in [-0.2, -0.15) is 0 Å². The Morgan fingerprint density at radius 3 is 2.31 bits per heavy atom. The van der Waals surface area contributed by atoms with Crippen LogP contribution < -0.4 is 16.2 Å². The van der Waals surface area contributed by atoms with Crippen LogP contribution in [0.15, 0.2) is 96.2 Å². The smallest absolute Gasteiger partial charge is 0.273 e. The maximum absolute atomic E-state index is 12.9. The van der Waals surface area contributed by atoms with Crippen molar-refractivity contribution >= 4 is 56.2 Å². The Bertz CT molecular complexity index is 1630. The van der Waals surface area contributed by atoms with Crippen molar-refractivity contribution < 1.29 is 9.59 Å². The first-order valence-corrected chi connectivity index (χ1v) is 11.7. The molecule has 2 heterocycles. The number of para-hydroxylation sites is 2. The molecule has 172 valence electrons. The van der Waals surface area contributed by atoms with Gasteiger partial charge >= 0.3 is 0 Å². The van der Waals surface area contributed by atoms with Crippen LogP contribution in [0.25, 0.3) is 15.8 Å². The van der Waals surface area contributed by atoms with Gasteiger partial charge in [-0.05, 0) is 60.0 Å². The second-order valence-corrected chi connectivity index (χ2v) is 9.10. The largest absolute Gasteiger partial charge is 0.320 e. The van der Waals surface area contributed by atoms with Gasteiger partial charge in [0.2, 0.25) is 0 Å². The number of amides is 2. The molecule has 9 heteroatoms. The van der Waals surface area contributed by atoms with E-state index in [4.69, 9.17) is 11.6 Å². The Balaban J connectivity index is 1.33. The van der Waals surface area contributed by atoms with Crippen molar-refractivity contribution in [2.45, 2.75) is 0 Å². The summed E-state index contributed by atoms with van der Waals surface area (Å²) in [5, 5.41) is 7.26. The molecule has 0 fully saturated rings. The van der Waals surface area contributed by atoms with Crippen LogP contribution in [0.4, 0.5) is 11.4 Å². The van der Waals surface area contributed by atoms with E-state index < -0.39 is 0 Å². The standard InChI is InChI=1S/C26H17ClN4O3S/c27-18-8-5-17-13-23(35-22(17)14-18)26(34)30-21-4-2-1-3-20(21)29-25(33)16-6-9-19(10-7-16)31-12-11-28-15-24(31)32/h1-15H,(H,29,33)(H,30,34). The first kappa shape index (κ1) is 22.5. The minimum Gasteiger partial charge on any atom is -0.320 e. The predicted molar refractivity (Wildman–Crippen MR) is 139 cm³/mol. The van der Waals surface area contributed by atoms with Gasteiger partial charge in [0.05, 0.1) is 22.4 Å². The zero-order chi connectivity index (χ0) is 24.4. The molecule has 0 bridgehead atoms. The summed E-state index contributed by atoms with van der Waals surface area (Å²) < 4.78 is 2.35. The van der Waals surface area contributed by atoms with Gasteiger partial charge in [-0.25, -0.2) is 0 Å². The van der Waals surface area contributed by atoms with Crippen LogP contribution in [0.5, 0.6) is 0 Å². The number of carbonyl (C=O) groups excluding carboxylic acids is 2. The summed E-state index contributed by atoms with van der Waals surface area (Å²) in [6, 6.07) is 20.9. The molecule has 2 amide bonds. The number of halogens is 1. The Kier molecular flexibility index (Phi) is 6.13. The van der Waals surface area contributed by atoms with Crippen molar-refractivity contribution in [2.75, 3.05) is 10.6 Å². The lowest BCUT2D eigenvalue weighted by Crippen LogP contribution is -2.18. The molecule has 0 aliphatic carbocycles.